The van der Waals surface area contributed by atoms with Crippen LogP contribution in [0.15, 0.2) is 42.5 Å². The average Bonchev–Trinajstić information content (AvgIpc) is 2.69. The predicted octanol–water partition coefficient (Wildman–Crippen LogP) is 4.20. The minimum atomic E-state index is -0.0701. The Morgan fingerprint density at radius 2 is 1.82 bits per heavy atom. The molecule has 2 aromatic carbocycles. The molecule has 0 aliphatic carbocycles. The number of hydrogen-bond donors (Lipinski definition) is 1. The smallest absolute Gasteiger partial charge is 0.221 e. The van der Waals surface area contributed by atoms with Gasteiger partial charge in [-0.1, -0.05) is 17.7 Å². The number of carbonyl (C=O) groups is 1. The molecule has 28 heavy (non-hydrogen) atoms. The van der Waals surface area contributed by atoms with Crippen molar-refractivity contribution in [3.8, 4) is 5.75 Å². The van der Waals surface area contributed by atoms with Crippen molar-refractivity contribution < 1.29 is 9.53 Å². The number of piperazine rings is 1. The second-order valence-electron chi connectivity index (χ2n) is 7.17. The van der Waals surface area contributed by atoms with Crippen molar-refractivity contribution in [3.05, 3.63) is 53.1 Å². The van der Waals surface area contributed by atoms with Gasteiger partial charge in [0, 0.05) is 56.0 Å². The maximum absolute atomic E-state index is 11.0. The fourth-order valence-electron chi connectivity index (χ4n) is 3.32. The lowest BCUT2D eigenvalue weighted by molar-refractivity contribution is -0.114. The summed E-state index contributed by atoms with van der Waals surface area (Å²) in [6.45, 7) is 9.40. The van der Waals surface area contributed by atoms with Crippen molar-refractivity contribution in [1.29, 1.82) is 0 Å². The lowest BCUT2D eigenvalue weighted by Gasteiger charge is -2.36. The first-order valence-corrected chi connectivity index (χ1v) is 10.1. The highest BCUT2D eigenvalue weighted by Crippen LogP contribution is 2.24. The molecule has 0 bridgehead atoms. The summed E-state index contributed by atoms with van der Waals surface area (Å²) in [4.78, 5) is 15.9. The molecule has 1 N–H and O–H groups in total. The predicted molar refractivity (Wildman–Crippen MR) is 116 cm³/mol. The van der Waals surface area contributed by atoms with E-state index in [0.717, 1.165) is 61.2 Å². The highest BCUT2D eigenvalue weighted by atomic mass is 35.5. The Morgan fingerprint density at radius 1 is 1.11 bits per heavy atom. The first kappa shape index (κ1) is 20.5. The van der Waals surface area contributed by atoms with E-state index < -0.39 is 0 Å². The summed E-state index contributed by atoms with van der Waals surface area (Å²) in [5.41, 5.74) is 3.11. The Morgan fingerprint density at radius 3 is 2.46 bits per heavy atom. The van der Waals surface area contributed by atoms with Gasteiger partial charge in [-0.3, -0.25) is 9.69 Å². The van der Waals surface area contributed by atoms with Crippen molar-refractivity contribution in [2.45, 2.75) is 20.3 Å². The molecule has 1 fully saturated rings. The Bertz CT molecular complexity index is 787. The number of carbonyl (C=O) groups excluding carboxylic acids is 1. The number of aryl methyl sites for hydroxylation is 1. The minimum absolute atomic E-state index is 0.0701. The number of ether oxygens (including phenoxy) is 1. The molecule has 1 aliphatic heterocycles. The molecular formula is C22H28ClN3O2. The Labute approximate surface area is 172 Å². The van der Waals surface area contributed by atoms with Crippen LogP contribution in [0.25, 0.3) is 0 Å². The quantitative estimate of drug-likeness (QED) is 0.706. The lowest BCUT2D eigenvalue weighted by Crippen LogP contribution is -2.46. The van der Waals surface area contributed by atoms with E-state index in [1.54, 1.807) is 0 Å². The number of anilines is 2. The third kappa shape index (κ3) is 5.88. The highest BCUT2D eigenvalue weighted by Gasteiger charge is 2.17. The first-order valence-electron chi connectivity index (χ1n) is 9.75. The number of amides is 1. The van der Waals surface area contributed by atoms with Crippen LogP contribution in [0.2, 0.25) is 5.02 Å². The Hall–Kier alpha value is -2.24. The molecule has 1 heterocycles. The van der Waals surface area contributed by atoms with E-state index >= 15 is 0 Å². The molecule has 1 aliphatic rings. The van der Waals surface area contributed by atoms with Gasteiger partial charge in [0.15, 0.2) is 0 Å². The molecule has 5 nitrogen and oxygen atoms in total. The number of nitrogens with one attached hydrogen (secondary N) is 1. The SMILES string of the molecule is CC(=O)Nc1ccc(OCCCN2CCN(c3ccc(C)c(Cl)c3)CC2)cc1. The van der Waals surface area contributed by atoms with Gasteiger partial charge in [0.05, 0.1) is 6.61 Å². The Balaban J connectivity index is 1.35. The largest absolute Gasteiger partial charge is 0.494 e. The summed E-state index contributed by atoms with van der Waals surface area (Å²) in [5, 5.41) is 3.59. The molecule has 0 radical (unpaired) electrons. The highest BCUT2D eigenvalue weighted by molar-refractivity contribution is 6.31. The summed E-state index contributed by atoms with van der Waals surface area (Å²) in [7, 11) is 0. The second-order valence-corrected chi connectivity index (χ2v) is 7.58. The van der Waals surface area contributed by atoms with E-state index in [4.69, 9.17) is 16.3 Å². The first-order chi connectivity index (χ1) is 13.5. The van der Waals surface area contributed by atoms with Crippen molar-refractivity contribution in [2.24, 2.45) is 0 Å². The number of benzene rings is 2. The van der Waals surface area contributed by atoms with Crippen molar-refractivity contribution in [2.75, 3.05) is 49.5 Å². The van der Waals surface area contributed by atoms with Crippen LogP contribution < -0.4 is 15.0 Å². The van der Waals surface area contributed by atoms with Gasteiger partial charge < -0.3 is 15.0 Å². The Kier molecular flexibility index (Phi) is 7.18. The molecule has 3 rings (SSSR count). The van der Waals surface area contributed by atoms with Gasteiger partial charge in [0.2, 0.25) is 5.91 Å². The number of hydrogen-bond acceptors (Lipinski definition) is 4. The van der Waals surface area contributed by atoms with Gasteiger partial charge in [-0.25, -0.2) is 0 Å². The third-order valence-corrected chi connectivity index (χ3v) is 5.36. The standard InChI is InChI=1S/C22H28ClN3O2/c1-17-4-7-20(16-22(17)23)26-13-11-25(12-14-26)10-3-15-28-21-8-5-19(6-9-21)24-18(2)27/h4-9,16H,3,10-15H2,1-2H3,(H,24,27). The van der Waals surface area contributed by atoms with Gasteiger partial charge in [-0.15, -0.1) is 0 Å². The van der Waals surface area contributed by atoms with Crippen LogP contribution >= 0.6 is 11.6 Å². The van der Waals surface area contributed by atoms with E-state index in [9.17, 15) is 4.79 Å². The molecule has 0 atom stereocenters. The van der Waals surface area contributed by atoms with Crippen LogP contribution in [0.3, 0.4) is 0 Å². The number of nitrogens with zero attached hydrogens (tertiary/aromatic N) is 2. The van der Waals surface area contributed by atoms with E-state index in [1.807, 2.05) is 31.2 Å². The third-order valence-electron chi connectivity index (χ3n) is 4.95. The van der Waals surface area contributed by atoms with Crippen LogP contribution in [-0.2, 0) is 4.79 Å². The van der Waals surface area contributed by atoms with Crippen molar-refractivity contribution in [1.82, 2.24) is 4.90 Å². The normalized spacial score (nSPS) is 14.8. The van der Waals surface area contributed by atoms with Gasteiger partial charge >= 0.3 is 0 Å². The monoisotopic (exact) mass is 401 g/mol. The van der Waals surface area contributed by atoms with Crippen LogP contribution in [0.4, 0.5) is 11.4 Å². The average molecular weight is 402 g/mol. The van der Waals surface area contributed by atoms with Crippen molar-refractivity contribution >= 4 is 28.9 Å². The van der Waals surface area contributed by atoms with Crippen molar-refractivity contribution in [3.63, 3.8) is 0 Å². The summed E-state index contributed by atoms with van der Waals surface area (Å²) < 4.78 is 5.81. The van der Waals surface area contributed by atoms with E-state index in [-0.39, 0.29) is 5.91 Å². The molecular weight excluding hydrogens is 374 g/mol. The molecule has 0 spiro atoms. The van der Waals surface area contributed by atoms with Gasteiger partial charge in [0.1, 0.15) is 5.75 Å². The summed E-state index contributed by atoms with van der Waals surface area (Å²) in [5.74, 6) is 0.759. The summed E-state index contributed by atoms with van der Waals surface area (Å²) >= 11 is 6.26. The zero-order chi connectivity index (χ0) is 19.9. The molecule has 0 saturated carbocycles. The molecule has 0 unspecified atom stereocenters. The number of rotatable bonds is 7. The van der Waals surface area contributed by atoms with Gasteiger partial charge in [-0.2, -0.15) is 0 Å². The van der Waals surface area contributed by atoms with Crippen LogP contribution in [0, 0.1) is 6.92 Å². The minimum Gasteiger partial charge on any atom is -0.494 e. The maximum Gasteiger partial charge on any atom is 0.221 e. The molecule has 2 aromatic rings. The summed E-state index contributed by atoms with van der Waals surface area (Å²) in [6.07, 6.45) is 0.990. The zero-order valence-electron chi connectivity index (χ0n) is 16.6. The van der Waals surface area contributed by atoms with Crippen LogP contribution in [0.1, 0.15) is 18.9 Å². The molecule has 1 amide bonds. The van der Waals surface area contributed by atoms with E-state index in [0.29, 0.717) is 6.61 Å². The summed E-state index contributed by atoms with van der Waals surface area (Å²) in [6, 6.07) is 13.8. The van der Waals surface area contributed by atoms with Gasteiger partial charge in [0.25, 0.3) is 0 Å². The number of halogens is 1. The lowest BCUT2D eigenvalue weighted by atomic mass is 10.2. The topological polar surface area (TPSA) is 44.8 Å². The fourth-order valence-corrected chi connectivity index (χ4v) is 3.50. The fraction of sp³-hybridized carbons (Fsp3) is 0.409. The van der Waals surface area contributed by atoms with E-state index in [2.05, 4.69) is 33.3 Å². The molecule has 1 saturated heterocycles. The molecule has 0 aromatic heterocycles. The van der Waals surface area contributed by atoms with E-state index in [1.165, 1.54) is 12.6 Å². The van der Waals surface area contributed by atoms with Crippen LogP contribution in [-0.4, -0.2) is 50.1 Å². The molecule has 6 heteroatoms. The molecule has 150 valence electrons. The second kappa shape index (κ2) is 9.80. The van der Waals surface area contributed by atoms with Gasteiger partial charge in [-0.05, 0) is 55.3 Å². The zero-order valence-corrected chi connectivity index (χ0v) is 17.3. The van der Waals surface area contributed by atoms with Crippen LogP contribution in [0.5, 0.6) is 5.75 Å². The maximum atomic E-state index is 11.0.